The Morgan fingerprint density at radius 3 is 1.98 bits per heavy atom. The topological polar surface area (TPSA) is 33.5 Å². The van der Waals surface area contributed by atoms with Crippen molar-refractivity contribution in [3.63, 3.8) is 0 Å². The van der Waals surface area contributed by atoms with Crippen molar-refractivity contribution < 1.29 is 25.8 Å². The monoisotopic (exact) mass is 1010 g/mol. The molecule has 0 aliphatic carbocycles. The number of hydrogen-bond donors (Lipinski definition) is 0. The first-order valence-electron chi connectivity index (χ1n) is 22.1. The molecule has 0 unspecified atom stereocenters. The first-order valence-corrected chi connectivity index (χ1v) is 22.1. The average Bonchev–Trinajstić information content (AvgIpc) is 3.79. The van der Waals surface area contributed by atoms with Gasteiger partial charge in [-0.1, -0.05) is 109 Å². The van der Waals surface area contributed by atoms with Crippen molar-refractivity contribution in [2.45, 2.75) is 99.5 Å². The fourth-order valence-electron chi connectivity index (χ4n) is 9.30. The van der Waals surface area contributed by atoms with Crippen LogP contribution < -0.4 is 14.5 Å². The molecule has 0 spiro atoms. The van der Waals surface area contributed by atoms with Gasteiger partial charge in [0.2, 0.25) is 0 Å². The van der Waals surface area contributed by atoms with Crippen LogP contribution in [0.4, 0.5) is 17.1 Å². The van der Waals surface area contributed by atoms with E-state index in [1.807, 2.05) is 24.4 Å². The Morgan fingerprint density at radius 2 is 1.30 bits per heavy atom. The predicted octanol–water partition coefficient (Wildman–Crippen LogP) is 15.5. The molecule has 1 aliphatic heterocycles. The van der Waals surface area contributed by atoms with Crippen LogP contribution in [0.2, 0.25) is 0 Å². The minimum absolute atomic E-state index is 0. The second-order valence-corrected chi connectivity index (χ2v) is 18.9. The zero-order valence-electron chi connectivity index (χ0n) is 38.4. The van der Waals surface area contributed by atoms with E-state index in [0.29, 0.717) is 23.3 Å². The number of aryl methyl sites for hydroxylation is 2. The molecule has 0 fully saturated rings. The van der Waals surface area contributed by atoms with Crippen LogP contribution in [0.1, 0.15) is 102 Å². The van der Waals surface area contributed by atoms with Gasteiger partial charge < -0.3 is 19.1 Å². The van der Waals surface area contributed by atoms with Crippen molar-refractivity contribution >= 4 is 38.9 Å². The molecule has 0 atom stereocenters. The second kappa shape index (κ2) is 17.1. The smallest absolute Gasteiger partial charge is 0.136 e. The van der Waals surface area contributed by atoms with Gasteiger partial charge in [-0.15, -0.1) is 41.4 Å². The molecule has 0 bridgehead atoms. The van der Waals surface area contributed by atoms with Gasteiger partial charge in [-0.3, -0.25) is 0 Å². The van der Waals surface area contributed by atoms with E-state index in [1.54, 1.807) is 0 Å². The van der Waals surface area contributed by atoms with Gasteiger partial charge >= 0.3 is 0 Å². The van der Waals surface area contributed by atoms with E-state index in [2.05, 4.69) is 206 Å². The summed E-state index contributed by atoms with van der Waals surface area (Å²) < 4.78 is 8.86. The molecule has 0 saturated carbocycles. The minimum Gasteiger partial charge on any atom is -0.509 e. The summed E-state index contributed by atoms with van der Waals surface area (Å²) >= 11 is 0. The molecule has 3 heterocycles. The molecule has 6 aromatic carbocycles. The summed E-state index contributed by atoms with van der Waals surface area (Å²) in [5.74, 6) is 2.90. The van der Waals surface area contributed by atoms with Gasteiger partial charge in [-0.05, 0) is 137 Å². The Labute approximate surface area is 389 Å². The van der Waals surface area contributed by atoms with E-state index in [9.17, 15) is 0 Å². The molecule has 9 rings (SSSR count). The molecule has 8 aromatic rings. The Balaban J connectivity index is 0.00000544. The molecule has 1 aliphatic rings. The van der Waals surface area contributed by atoms with Gasteiger partial charge in [0, 0.05) is 55.7 Å². The van der Waals surface area contributed by atoms with Crippen molar-refractivity contribution in [1.82, 2.24) is 9.55 Å². The molecule has 6 heteroatoms. The van der Waals surface area contributed by atoms with Crippen LogP contribution in [0.3, 0.4) is 0 Å². The average molecular weight is 1010 g/mol. The molecule has 0 saturated heterocycles. The Morgan fingerprint density at radius 1 is 0.635 bits per heavy atom. The molecule has 0 N–H and O–H groups in total. The van der Waals surface area contributed by atoms with E-state index >= 15 is 0 Å². The maximum atomic E-state index is 6.65. The summed E-state index contributed by atoms with van der Waals surface area (Å²) in [6.07, 6.45) is 1.92. The number of aromatic nitrogens is 2. The van der Waals surface area contributed by atoms with Gasteiger partial charge in [-0.2, -0.15) is 18.8 Å². The van der Waals surface area contributed by atoms with E-state index in [1.165, 1.54) is 50.2 Å². The van der Waals surface area contributed by atoms with Gasteiger partial charge in [0.05, 0.1) is 0 Å². The summed E-state index contributed by atoms with van der Waals surface area (Å²) in [5.41, 5.74) is 16.9. The summed E-state index contributed by atoms with van der Waals surface area (Å²) in [6.45, 7) is 27.1. The minimum atomic E-state index is 0. The molecule has 0 radical (unpaired) electrons. The van der Waals surface area contributed by atoms with Crippen molar-refractivity contribution in [3.8, 4) is 39.6 Å². The summed E-state index contributed by atoms with van der Waals surface area (Å²) in [5, 5.41) is 2.23. The van der Waals surface area contributed by atoms with Crippen LogP contribution >= 0.6 is 0 Å². The summed E-state index contributed by atoms with van der Waals surface area (Å²) in [6, 6.07) is 49.0. The van der Waals surface area contributed by atoms with Crippen LogP contribution in [-0.2, 0) is 26.5 Å². The van der Waals surface area contributed by atoms with Crippen molar-refractivity contribution in [2.24, 2.45) is 0 Å². The SMILES string of the molecule is Cc1cc(C(C)(C)C)cc(C)c1-c1ccnc(-n2c3[c-]c(Oc4[c-]c(N5[CH-]N(C(C)C)c6cc(-c7c(C(C)C)cccc7C(C)C)ccc65)ccc4)ccc3c3ccccc32)c1.[Pt]. The Hall–Kier alpha value is -5.64. The molecule has 63 heavy (non-hydrogen) atoms. The van der Waals surface area contributed by atoms with Crippen LogP contribution in [-0.4, -0.2) is 15.6 Å². The number of fused-ring (bicyclic) bond motifs is 4. The molecule has 0 amide bonds. The number of rotatable bonds is 9. The number of para-hydroxylation sites is 1. The van der Waals surface area contributed by atoms with E-state index in [4.69, 9.17) is 9.72 Å². The zero-order chi connectivity index (χ0) is 43.6. The number of hydrogen-bond acceptors (Lipinski definition) is 4. The van der Waals surface area contributed by atoms with E-state index < -0.39 is 0 Å². The number of nitrogens with zero attached hydrogens (tertiary/aromatic N) is 4. The van der Waals surface area contributed by atoms with Crippen LogP contribution in [0.25, 0.3) is 49.9 Å². The number of anilines is 3. The largest absolute Gasteiger partial charge is 0.509 e. The van der Waals surface area contributed by atoms with Gasteiger partial charge in [0.15, 0.2) is 0 Å². The van der Waals surface area contributed by atoms with Gasteiger partial charge in [0.1, 0.15) is 5.82 Å². The maximum absolute atomic E-state index is 6.65. The fraction of sp³-hybridized carbons (Fsp3) is 0.263. The third-order valence-electron chi connectivity index (χ3n) is 12.4. The first kappa shape index (κ1) is 44.0. The normalized spacial score (nSPS) is 12.9. The zero-order valence-corrected chi connectivity index (χ0v) is 40.6. The van der Waals surface area contributed by atoms with Crippen molar-refractivity contribution in [2.75, 3.05) is 9.80 Å². The van der Waals surface area contributed by atoms with Crippen molar-refractivity contribution in [3.05, 3.63) is 168 Å². The predicted molar refractivity (Wildman–Crippen MR) is 260 cm³/mol. The Kier molecular flexibility index (Phi) is 12.0. The molecule has 324 valence electrons. The van der Waals surface area contributed by atoms with E-state index in [-0.39, 0.29) is 32.5 Å². The third-order valence-corrected chi connectivity index (χ3v) is 12.4. The van der Waals surface area contributed by atoms with Gasteiger partial charge in [-0.25, -0.2) is 4.98 Å². The summed E-state index contributed by atoms with van der Waals surface area (Å²) in [7, 11) is 0. The van der Waals surface area contributed by atoms with Gasteiger partial charge in [0.25, 0.3) is 0 Å². The maximum Gasteiger partial charge on any atom is 0.136 e. The summed E-state index contributed by atoms with van der Waals surface area (Å²) in [4.78, 5) is 9.55. The van der Waals surface area contributed by atoms with Crippen LogP contribution in [0, 0.1) is 32.6 Å². The quantitative estimate of drug-likeness (QED) is 0.135. The van der Waals surface area contributed by atoms with E-state index in [0.717, 1.165) is 44.6 Å². The molecule has 5 nitrogen and oxygen atoms in total. The standard InChI is InChI=1S/C57H57N4O.Pt/c1-35(2)46-19-15-20-47(36(3)4)56(46)40-22-25-51-53(30-40)59(37(5)6)34-60(51)43-16-14-17-44(32-43)62-45-23-24-49-48-18-12-13-21-50(48)61(52(49)33-45)54-31-41(26-27-58-54)55-38(7)28-42(29-39(55)8)57(9,10)11;/h12-31,34-37H,1-11H3;/q-3;. The van der Waals surface area contributed by atoms with Crippen LogP contribution in [0.5, 0.6) is 11.5 Å². The molecule has 2 aromatic heterocycles. The van der Waals surface area contributed by atoms with Crippen molar-refractivity contribution in [1.29, 1.82) is 0 Å². The first-order chi connectivity index (χ1) is 29.7. The number of ether oxygens (including phenoxy) is 1. The molecular formula is C57H57N4OPt-3. The molecular weight excluding hydrogens is 952 g/mol. The van der Waals surface area contributed by atoms with Crippen LogP contribution in [0.15, 0.2) is 121 Å². The number of pyridine rings is 1. The second-order valence-electron chi connectivity index (χ2n) is 18.9. The fourth-order valence-corrected chi connectivity index (χ4v) is 9.30. The third kappa shape index (κ3) is 8.10. The number of benzene rings is 6. The Bertz CT molecular complexity index is 2940.